The van der Waals surface area contributed by atoms with Crippen LogP contribution in [-0.2, 0) is 0 Å². The maximum absolute atomic E-state index is 6.58. The maximum Gasteiger partial charge on any atom is 0.0563 e. The molecule has 0 nitrogen and oxygen atoms in total. The molecule has 1 aromatic rings. The Hall–Kier alpha value is -1.24. The van der Waals surface area contributed by atoms with Crippen LogP contribution in [0.4, 0.5) is 0 Å². The van der Waals surface area contributed by atoms with Crippen LogP contribution in [0, 0.1) is 0 Å². The molecule has 0 bridgehead atoms. The Balaban J connectivity index is 4.17. The van der Waals surface area contributed by atoms with Crippen molar-refractivity contribution < 1.29 is 0 Å². The molecule has 1 aromatic carbocycles. The monoisotopic (exact) mass is 306 g/mol. The smallest absolute Gasteiger partial charge is 0.0563 e. The summed E-state index contributed by atoms with van der Waals surface area (Å²) in [7, 11) is 0. The largest absolute Gasteiger partial charge is 0.0984 e. The van der Waals surface area contributed by atoms with Gasteiger partial charge in [-0.25, -0.2) is 0 Å². The summed E-state index contributed by atoms with van der Waals surface area (Å²) < 4.78 is 0. The first-order chi connectivity index (χ1) is 9.53. The van der Waals surface area contributed by atoms with E-state index in [0.717, 1.165) is 28.0 Å². The van der Waals surface area contributed by atoms with Gasteiger partial charge in [-0.2, -0.15) is 0 Å². The number of hydrogen-bond acceptors (Lipinski definition) is 0. The third-order valence-corrected chi connectivity index (χ3v) is 4.11. The number of hydrogen-bond donors (Lipinski definition) is 0. The van der Waals surface area contributed by atoms with Crippen molar-refractivity contribution in [2.75, 3.05) is 0 Å². The summed E-state index contributed by atoms with van der Waals surface area (Å²) in [5, 5.41) is 3.29. The molecule has 0 aromatic heterocycles. The van der Waals surface area contributed by atoms with E-state index in [1.807, 2.05) is 25.2 Å². The van der Waals surface area contributed by atoms with Crippen LogP contribution in [0.15, 0.2) is 25.3 Å². The number of benzene rings is 1. The molecule has 0 fully saturated rings. The summed E-state index contributed by atoms with van der Waals surface area (Å²) in [6.45, 7) is 13.8. The molecule has 0 aliphatic heterocycles. The van der Waals surface area contributed by atoms with Crippen molar-refractivity contribution in [2.45, 2.75) is 27.2 Å². The fourth-order valence-corrected chi connectivity index (χ4v) is 2.86. The lowest BCUT2D eigenvalue weighted by Crippen LogP contribution is -2.30. The molecule has 2 heteroatoms. The second kappa shape index (κ2) is 7.52. The van der Waals surface area contributed by atoms with Gasteiger partial charge in [-0.3, -0.25) is 0 Å². The number of halogens is 2. The molecule has 0 atom stereocenters. The van der Waals surface area contributed by atoms with E-state index in [2.05, 4.69) is 27.0 Å². The van der Waals surface area contributed by atoms with E-state index in [9.17, 15) is 0 Å². The van der Waals surface area contributed by atoms with Crippen LogP contribution in [0.5, 0.6) is 0 Å². The van der Waals surface area contributed by atoms with Crippen molar-refractivity contribution in [2.24, 2.45) is 0 Å². The van der Waals surface area contributed by atoms with Gasteiger partial charge in [-0.15, -0.1) is 0 Å². The summed E-state index contributed by atoms with van der Waals surface area (Å²) >= 11 is 13.1. The molecule has 0 saturated carbocycles. The lowest BCUT2D eigenvalue weighted by molar-refractivity contribution is 1.20. The molecule has 20 heavy (non-hydrogen) atoms. The molecule has 0 amide bonds. The highest BCUT2D eigenvalue weighted by atomic mass is 35.5. The van der Waals surface area contributed by atoms with Crippen LogP contribution in [-0.4, -0.2) is 0 Å². The minimum atomic E-state index is 0.667. The first-order valence-corrected chi connectivity index (χ1v) is 7.37. The normalized spacial score (nSPS) is 13.8. The molecule has 0 aliphatic rings. The van der Waals surface area contributed by atoms with Crippen molar-refractivity contribution in [1.82, 2.24) is 0 Å². The maximum atomic E-state index is 6.58. The van der Waals surface area contributed by atoms with Gasteiger partial charge in [-0.05, 0) is 20.3 Å². The SMILES string of the molecule is C=Cc1c(C=C)c(Cl)c(=C/C=C\C)/c(=C(\C)CC)c1Cl. The summed E-state index contributed by atoms with van der Waals surface area (Å²) in [5.74, 6) is 0. The number of rotatable bonds is 4. The van der Waals surface area contributed by atoms with Crippen LogP contribution >= 0.6 is 23.2 Å². The van der Waals surface area contributed by atoms with E-state index in [1.54, 1.807) is 12.2 Å². The first kappa shape index (κ1) is 16.8. The van der Waals surface area contributed by atoms with Crippen LogP contribution in [0.3, 0.4) is 0 Å². The Bertz CT molecular complexity index is 677. The Kier molecular flexibility index (Phi) is 6.32. The van der Waals surface area contributed by atoms with E-state index >= 15 is 0 Å². The van der Waals surface area contributed by atoms with E-state index in [0.29, 0.717) is 10.0 Å². The zero-order chi connectivity index (χ0) is 15.3. The second-order valence-corrected chi connectivity index (χ2v) is 5.23. The van der Waals surface area contributed by atoms with Crippen LogP contribution in [0.1, 0.15) is 38.3 Å². The topological polar surface area (TPSA) is 0 Å². The fraction of sp³-hybridized carbons (Fsp3) is 0.222. The van der Waals surface area contributed by atoms with Gasteiger partial charge in [0.15, 0.2) is 0 Å². The molecule has 0 heterocycles. The average Bonchev–Trinajstić information content (AvgIpc) is 2.46. The third-order valence-electron chi connectivity index (χ3n) is 3.31. The van der Waals surface area contributed by atoms with Gasteiger partial charge < -0.3 is 0 Å². The second-order valence-electron chi connectivity index (χ2n) is 4.48. The van der Waals surface area contributed by atoms with E-state index in [-0.39, 0.29) is 0 Å². The van der Waals surface area contributed by atoms with Crippen LogP contribution in [0.2, 0.25) is 10.0 Å². The quantitative estimate of drug-likeness (QED) is 0.715. The van der Waals surface area contributed by atoms with Crippen molar-refractivity contribution in [3.63, 3.8) is 0 Å². The van der Waals surface area contributed by atoms with Gasteiger partial charge in [0.2, 0.25) is 0 Å². The Morgan fingerprint density at radius 2 is 1.65 bits per heavy atom. The average molecular weight is 307 g/mol. The van der Waals surface area contributed by atoms with E-state index in [4.69, 9.17) is 23.2 Å². The van der Waals surface area contributed by atoms with Gasteiger partial charge in [-0.1, -0.05) is 79.2 Å². The Labute approximate surface area is 131 Å². The molecule has 0 aliphatic carbocycles. The Morgan fingerprint density at radius 3 is 2.10 bits per heavy atom. The summed E-state index contributed by atoms with van der Waals surface area (Å²) in [5.41, 5.74) is 2.87. The van der Waals surface area contributed by atoms with Crippen molar-refractivity contribution in [3.05, 3.63) is 56.9 Å². The van der Waals surface area contributed by atoms with Gasteiger partial charge >= 0.3 is 0 Å². The summed E-state index contributed by atoms with van der Waals surface area (Å²) in [4.78, 5) is 0. The zero-order valence-corrected chi connectivity index (χ0v) is 13.8. The molecule has 0 radical (unpaired) electrons. The van der Waals surface area contributed by atoms with Crippen LogP contribution in [0.25, 0.3) is 23.8 Å². The van der Waals surface area contributed by atoms with E-state index in [1.165, 1.54) is 5.57 Å². The Morgan fingerprint density at radius 1 is 1.10 bits per heavy atom. The molecule has 0 spiro atoms. The first-order valence-electron chi connectivity index (χ1n) is 6.62. The minimum Gasteiger partial charge on any atom is -0.0984 e. The fourth-order valence-electron chi connectivity index (χ4n) is 2.09. The molecular weight excluding hydrogens is 287 g/mol. The van der Waals surface area contributed by atoms with Crippen molar-refractivity contribution >= 4 is 47.0 Å². The zero-order valence-electron chi connectivity index (χ0n) is 12.3. The molecule has 106 valence electrons. The van der Waals surface area contributed by atoms with Crippen LogP contribution < -0.4 is 10.4 Å². The molecule has 0 saturated heterocycles. The van der Waals surface area contributed by atoms with Gasteiger partial charge in [0, 0.05) is 21.6 Å². The highest BCUT2D eigenvalue weighted by molar-refractivity contribution is 6.35. The predicted molar refractivity (Wildman–Crippen MR) is 94.5 cm³/mol. The van der Waals surface area contributed by atoms with Crippen molar-refractivity contribution in [3.8, 4) is 0 Å². The molecule has 0 unspecified atom stereocenters. The minimum absolute atomic E-state index is 0.667. The van der Waals surface area contributed by atoms with Gasteiger partial charge in [0.1, 0.15) is 0 Å². The molecule has 1 rings (SSSR count). The van der Waals surface area contributed by atoms with Gasteiger partial charge in [0.25, 0.3) is 0 Å². The highest BCUT2D eigenvalue weighted by Gasteiger charge is 2.12. The highest BCUT2D eigenvalue weighted by Crippen LogP contribution is 2.24. The molecular formula is C18H20Cl2. The van der Waals surface area contributed by atoms with E-state index < -0.39 is 0 Å². The van der Waals surface area contributed by atoms with Crippen molar-refractivity contribution in [1.29, 1.82) is 0 Å². The lowest BCUT2D eigenvalue weighted by atomic mass is 10.00. The van der Waals surface area contributed by atoms with Gasteiger partial charge in [0.05, 0.1) is 10.0 Å². The summed E-state index contributed by atoms with van der Waals surface area (Å²) in [6.07, 6.45) is 10.3. The summed E-state index contributed by atoms with van der Waals surface area (Å²) in [6, 6.07) is 0. The predicted octanol–water partition coefficient (Wildman–Crippen LogP) is 5.22. The lowest BCUT2D eigenvalue weighted by Gasteiger charge is -2.11. The molecule has 0 N–H and O–H groups in total. The number of allylic oxidation sites excluding steroid dienone is 2. The third kappa shape index (κ3) is 3.08. The standard InChI is InChI=1S/C18H20Cl2/c1-6-10-11-15-16(12(5)7-2)18(20)14(9-4)13(8-3)17(15)19/h6,8-11H,3-4,7H2,1-2,5H3/b10-6-,15-11+,16-12-.